The van der Waals surface area contributed by atoms with Crippen molar-refractivity contribution in [3.05, 3.63) is 145 Å². The SMILES string of the molecule is C(=Nc1ccccc1Oc1cc2ccccc2cc1Oc1ccccc1N=Cc1ccccn1)c1ccccn1. The Kier molecular flexibility index (Phi) is 7.31. The quantitative estimate of drug-likeness (QED) is 0.188. The van der Waals surface area contributed by atoms with Gasteiger partial charge in [0.2, 0.25) is 0 Å². The molecule has 2 heterocycles. The van der Waals surface area contributed by atoms with Gasteiger partial charge in [-0.2, -0.15) is 0 Å². The van der Waals surface area contributed by atoms with Crippen LogP contribution in [0.25, 0.3) is 10.8 Å². The number of nitrogens with zero attached hydrogens (tertiary/aromatic N) is 4. The van der Waals surface area contributed by atoms with Crippen LogP contribution in [0.3, 0.4) is 0 Å². The minimum Gasteiger partial charge on any atom is -0.451 e. The first-order valence-corrected chi connectivity index (χ1v) is 12.8. The number of para-hydroxylation sites is 4. The summed E-state index contributed by atoms with van der Waals surface area (Å²) in [6.07, 6.45) is 6.91. The molecule has 0 aliphatic heterocycles. The lowest BCUT2D eigenvalue weighted by atomic mass is 10.1. The molecule has 0 unspecified atom stereocenters. The van der Waals surface area contributed by atoms with Crippen molar-refractivity contribution in [2.45, 2.75) is 0 Å². The summed E-state index contributed by atoms with van der Waals surface area (Å²) in [7, 11) is 0. The van der Waals surface area contributed by atoms with Crippen molar-refractivity contribution in [2.75, 3.05) is 0 Å². The second kappa shape index (κ2) is 11.8. The van der Waals surface area contributed by atoms with Crippen molar-refractivity contribution in [3.63, 3.8) is 0 Å². The molecule has 40 heavy (non-hydrogen) atoms. The van der Waals surface area contributed by atoms with Crippen LogP contribution in [0.4, 0.5) is 11.4 Å². The van der Waals surface area contributed by atoms with E-state index >= 15 is 0 Å². The molecule has 0 saturated carbocycles. The van der Waals surface area contributed by atoms with E-state index in [1.165, 1.54) is 0 Å². The highest BCUT2D eigenvalue weighted by molar-refractivity contribution is 5.87. The fourth-order valence-corrected chi connectivity index (χ4v) is 4.07. The van der Waals surface area contributed by atoms with Crippen LogP contribution in [0.1, 0.15) is 11.4 Å². The van der Waals surface area contributed by atoms with E-state index in [0.29, 0.717) is 34.4 Å². The van der Waals surface area contributed by atoms with Gasteiger partial charge < -0.3 is 9.47 Å². The minimum atomic E-state index is 0.558. The summed E-state index contributed by atoms with van der Waals surface area (Å²) < 4.78 is 12.9. The predicted octanol–water partition coefficient (Wildman–Crippen LogP) is 8.72. The van der Waals surface area contributed by atoms with E-state index in [9.17, 15) is 0 Å². The normalized spacial score (nSPS) is 11.3. The zero-order valence-electron chi connectivity index (χ0n) is 21.5. The van der Waals surface area contributed by atoms with Gasteiger partial charge in [-0.3, -0.25) is 20.0 Å². The fraction of sp³-hybridized carbons (Fsp3) is 0. The summed E-state index contributed by atoms with van der Waals surface area (Å²) in [5.74, 6) is 2.30. The summed E-state index contributed by atoms with van der Waals surface area (Å²) in [6.45, 7) is 0. The van der Waals surface area contributed by atoms with Crippen molar-refractivity contribution in [1.29, 1.82) is 0 Å². The number of rotatable bonds is 8. The molecule has 6 aromatic rings. The summed E-state index contributed by atoms with van der Waals surface area (Å²) in [5, 5.41) is 2.06. The number of hydrogen-bond donors (Lipinski definition) is 0. The first kappa shape index (κ1) is 24.7. The van der Waals surface area contributed by atoms with Gasteiger partial charge in [-0.05, 0) is 71.4 Å². The van der Waals surface area contributed by atoms with Crippen LogP contribution in [0.5, 0.6) is 23.0 Å². The lowest BCUT2D eigenvalue weighted by Gasteiger charge is -2.15. The first-order valence-electron chi connectivity index (χ1n) is 12.8. The van der Waals surface area contributed by atoms with Crippen LogP contribution in [0, 0.1) is 0 Å². The Balaban J connectivity index is 1.36. The van der Waals surface area contributed by atoms with E-state index < -0.39 is 0 Å². The topological polar surface area (TPSA) is 69.0 Å². The molecule has 0 saturated heterocycles. The van der Waals surface area contributed by atoms with Crippen LogP contribution in [0.15, 0.2) is 144 Å². The van der Waals surface area contributed by atoms with Crippen molar-refractivity contribution in [3.8, 4) is 23.0 Å². The van der Waals surface area contributed by atoms with Crippen LogP contribution in [-0.4, -0.2) is 22.4 Å². The average Bonchev–Trinajstić information content (AvgIpc) is 3.01. The van der Waals surface area contributed by atoms with Crippen molar-refractivity contribution >= 4 is 34.6 Å². The molecule has 4 aromatic carbocycles. The molecule has 0 fully saturated rings. The molecule has 0 radical (unpaired) electrons. The fourth-order valence-electron chi connectivity index (χ4n) is 4.07. The maximum absolute atomic E-state index is 6.47. The van der Waals surface area contributed by atoms with Crippen molar-refractivity contribution < 1.29 is 9.47 Å². The number of pyridine rings is 2. The third-order valence-electron chi connectivity index (χ3n) is 6.03. The lowest BCUT2D eigenvalue weighted by molar-refractivity contribution is 0.421. The van der Waals surface area contributed by atoms with Crippen LogP contribution in [0.2, 0.25) is 0 Å². The van der Waals surface area contributed by atoms with E-state index in [2.05, 4.69) is 20.0 Å². The van der Waals surface area contributed by atoms with E-state index in [1.807, 2.05) is 121 Å². The van der Waals surface area contributed by atoms with Crippen molar-refractivity contribution in [1.82, 2.24) is 9.97 Å². The van der Waals surface area contributed by atoms with Gasteiger partial charge in [-0.1, -0.05) is 60.7 Å². The van der Waals surface area contributed by atoms with Gasteiger partial charge in [0.15, 0.2) is 23.0 Å². The van der Waals surface area contributed by atoms with Gasteiger partial charge in [0.05, 0.1) is 23.8 Å². The van der Waals surface area contributed by atoms with E-state index in [-0.39, 0.29) is 0 Å². The Morgan fingerprint density at radius 3 is 1.32 bits per heavy atom. The Labute approximate surface area is 232 Å². The maximum atomic E-state index is 6.47. The standard InChI is InChI=1S/C34H24N4O2/c1-2-12-26-22-34(40-32-18-6-4-16-30(32)38-24-28-14-8-10-20-36-28)33(21-25(26)11-1)39-31-17-5-3-15-29(31)37-23-27-13-7-9-19-35-27/h1-24H. The monoisotopic (exact) mass is 520 g/mol. The predicted molar refractivity (Wildman–Crippen MR) is 160 cm³/mol. The molecule has 0 bridgehead atoms. The van der Waals surface area contributed by atoms with Crippen LogP contribution < -0.4 is 9.47 Å². The molecule has 0 spiro atoms. The lowest BCUT2D eigenvalue weighted by Crippen LogP contribution is -1.93. The maximum Gasteiger partial charge on any atom is 0.170 e. The average molecular weight is 521 g/mol. The Bertz CT molecular complexity index is 1670. The Hall–Kier alpha value is -5.62. The van der Waals surface area contributed by atoms with Gasteiger partial charge in [0.1, 0.15) is 11.4 Å². The van der Waals surface area contributed by atoms with Crippen LogP contribution >= 0.6 is 0 Å². The van der Waals surface area contributed by atoms with E-state index in [0.717, 1.165) is 22.2 Å². The molecule has 0 aliphatic rings. The highest BCUT2D eigenvalue weighted by Gasteiger charge is 2.14. The van der Waals surface area contributed by atoms with Gasteiger partial charge in [-0.25, -0.2) is 0 Å². The number of hydrogen-bond acceptors (Lipinski definition) is 6. The number of fused-ring (bicyclic) bond motifs is 1. The van der Waals surface area contributed by atoms with Gasteiger partial charge in [0.25, 0.3) is 0 Å². The van der Waals surface area contributed by atoms with E-state index in [4.69, 9.17) is 9.47 Å². The number of benzene rings is 4. The zero-order chi connectivity index (χ0) is 27.0. The van der Waals surface area contributed by atoms with Gasteiger partial charge in [0, 0.05) is 12.4 Å². The Morgan fingerprint density at radius 1 is 0.450 bits per heavy atom. The second-order valence-corrected chi connectivity index (χ2v) is 8.81. The van der Waals surface area contributed by atoms with Gasteiger partial charge in [-0.15, -0.1) is 0 Å². The molecular formula is C34H24N4O2. The summed E-state index contributed by atoms with van der Waals surface area (Å²) >= 11 is 0. The zero-order valence-corrected chi connectivity index (χ0v) is 21.5. The number of aromatic nitrogens is 2. The van der Waals surface area contributed by atoms with Gasteiger partial charge >= 0.3 is 0 Å². The highest BCUT2D eigenvalue weighted by atomic mass is 16.5. The Morgan fingerprint density at radius 2 is 0.875 bits per heavy atom. The van der Waals surface area contributed by atoms with Crippen LogP contribution in [-0.2, 0) is 0 Å². The first-order chi connectivity index (χ1) is 19.8. The number of ether oxygens (including phenoxy) is 2. The van der Waals surface area contributed by atoms with Crippen molar-refractivity contribution in [2.24, 2.45) is 9.98 Å². The summed E-state index contributed by atoms with van der Waals surface area (Å²) in [6, 6.07) is 38.7. The molecule has 6 heteroatoms. The molecular weight excluding hydrogens is 496 g/mol. The molecule has 192 valence electrons. The molecule has 6 nitrogen and oxygen atoms in total. The summed E-state index contributed by atoms with van der Waals surface area (Å²) in [4.78, 5) is 17.9. The van der Waals surface area contributed by atoms with E-state index in [1.54, 1.807) is 24.8 Å². The summed E-state index contributed by atoms with van der Waals surface area (Å²) in [5.41, 5.74) is 2.87. The molecule has 6 rings (SSSR count). The molecule has 0 amide bonds. The third kappa shape index (κ3) is 5.92. The highest BCUT2D eigenvalue weighted by Crippen LogP contribution is 2.42. The largest absolute Gasteiger partial charge is 0.451 e. The smallest absolute Gasteiger partial charge is 0.170 e. The second-order valence-electron chi connectivity index (χ2n) is 8.81. The number of aliphatic imine (C=N–C) groups is 2. The molecule has 0 N–H and O–H groups in total. The molecule has 0 atom stereocenters. The molecule has 0 aliphatic carbocycles. The third-order valence-corrected chi connectivity index (χ3v) is 6.03. The minimum absolute atomic E-state index is 0.558. The molecule has 2 aromatic heterocycles.